The van der Waals surface area contributed by atoms with Crippen LogP contribution in [0.25, 0.3) is 0 Å². The van der Waals surface area contributed by atoms with Crippen LogP contribution in [-0.2, 0) is 16.1 Å². The van der Waals surface area contributed by atoms with E-state index in [1.807, 2.05) is 0 Å². The molecule has 1 atom stereocenters. The highest BCUT2D eigenvalue weighted by molar-refractivity contribution is 9.10. The van der Waals surface area contributed by atoms with Crippen LogP contribution in [0.3, 0.4) is 0 Å². The minimum absolute atomic E-state index is 0.270. The van der Waals surface area contributed by atoms with Gasteiger partial charge in [-0.3, -0.25) is 10.1 Å². The van der Waals surface area contributed by atoms with Crippen LogP contribution in [0, 0.1) is 11.7 Å². The van der Waals surface area contributed by atoms with Gasteiger partial charge in [0.05, 0.1) is 7.11 Å². The summed E-state index contributed by atoms with van der Waals surface area (Å²) >= 11 is 3.30. The number of carbonyl (C=O) groups excluding carboxylic acids is 1. The molecule has 1 N–H and O–H groups in total. The van der Waals surface area contributed by atoms with Crippen molar-refractivity contribution in [1.82, 2.24) is 5.32 Å². The fraction of sp³-hybridized carbons (Fsp3) is 0.462. The van der Waals surface area contributed by atoms with Gasteiger partial charge in [0, 0.05) is 16.6 Å². The molecule has 1 fully saturated rings. The van der Waals surface area contributed by atoms with E-state index >= 15 is 0 Å². The third-order valence-electron chi connectivity index (χ3n) is 3.07. The smallest absolute Gasteiger partial charge is 0.323 e. The fourth-order valence-electron chi connectivity index (χ4n) is 1.90. The van der Waals surface area contributed by atoms with Gasteiger partial charge in [0.15, 0.2) is 0 Å². The van der Waals surface area contributed by atoms with Crippen molar-refractivity contribution >= 4 is 21.9 Å². The van der Waals surface area contributed by atoms with Crippen molar-refractivity contribution < 1.29 is 13.9 Å². The Bertz CT molecular complexity index is 449. The maximum Gasteiger partial charge on any atom is 0.323 e. The van der Waals surface area contributed by atoms with Crippen molar-refractivity contribution in [3.63, 3.8) is 0 Å². The van der Waals surface area contributed by atoms with Crippen molar-refractivity contribution in [2.75, 3.05) is 7.11 Å². The normalized spacial score (nSPS) is 16.4. The number of rotatable bonds is 5. The summed E-state index contributed by atoms with van der Waals surface area (Å²) in [5, 5.41) is 3.08. The zero-order valence-electron chi connectivity index (χ0n) is 10.1. The van der Waals surface area contributed by atoms with Gasteiger partial charge in [0.2, 0.25) is 0 Å². The topological polar surface area (TPSA) is 38.3 Å². The first-order chi connectivity index (χ1) is 8.61. The average molecular weight is 316 g/mol. The molecule has 1 aromatic rings. The molecule has 98 valence electrons. The van der Waals surface area contributed by atoms with E-state index in [0.29, 0.717) is 18.0 Å². The predicted octanol–water partition coefficient (Wildman–Crippen LogP) is 2.63. The first-order valence-corrected chi connectivity index (χ1v) is 6.66. The average Bonchev–Trinajstić information content (AvgIpc) is 3.17. The lowest BCUT2D eigenvalue weighted by Crippen LogP contribution is -2.39. The molecule has 1 aromatic carbocycles. The standard InChI is InChI=1S/C13H15BrFNO2/c1-18-13(17)12(8-2-3-8)16-7-9-6-10(14)4-5-11(9)15/h4-6,8,12,16H,2-3,7H2,1H3. The van der Waals surface area contributed by atoms with Gasteiger partial charge >= 0.3 is 5.97 Å². The van der Waals surface area contributed by atoms with Gasteiger partial charge in [0.1, 0.15) is 11.9 Å². The SMILES string of the molecule is COC(=O)C(NCc1cc(Br)ccc1F)C1CC1. The lowest BCUT2D eigenvalue weighted by molar-refractivity contribution is -0.143. The summed E-state index contributed by atoms with van der Waals surface area (Å²) in [6.07, 6.45) is 2.04. The highest BCUT2D eigenvalue weighted by atomic mass is 79.9. The Morgan fingerprint density at radius 3 is 2.94 bits per heavy atom. The molecule has 18 heavy (non-hydrogen) atoms. The Morgan fingerprint density at radius 1 is 1.61 bits per heavy atom. The van der Waals surface area contributed by atoms with Crippen molar-refractivity contribution in [3.8, 4) is 0 Å². The number of carbonyl (C=O) groups is 1. The molecule has 0 heterocycles. The Hall–Kier alpha value is -0.940. The minimum atomic E-state index is -0.326. The maximum atomic E-state index is 13.5. The third kappa shape index (κ3) is 3.29. The molecule has 2 rings (SSSR count). The van der Waals surface area contributed by atoms with E-state index in [9.17, 15) is 9.18 Å². The third-order valence-corrected chi connectivity index (χ3v) is 3.56. The molecule has 0 aromatic heterocycles. The summed E-state index contributed by atoms with van der Waals surface area (Å²) < 4.78 is 19.1. The number of halogens is 2. The van der Waals surface area contributed by atoms with Gasteiger partial charge in [-0.1, -0.05) is 15.9 Å². The molecule has 1 aliphatic carbocycles. The number of ether oxygens (including phenoxy) is 1. The number of nitrogens with one attached hydrogen (secondary N) is 1. The van der Waals surface area contributed by atoms with Gasteiger partial charge in [-0.15, -0.1) is 0 Å². The summed E-state index contributed by atoms with van der Waals surface area (Å²) in [7, 11) is 1.37. The molecule has 1 saturated carbocycles. The van der Waals surface area contributed by atoms with E-state index in [2.05, 4.69) is 21.2 Å². The van der Waals surface area contributed by atoms with Crippen LogP contribution < -0.4 is 5.32 Å². The summed E-state index contributed by atoms with van der Waals surface area (Å²) in [5.74, 6) is -0.217. The van der Waals surface area contributed by atoms with E-state index in [-0.39, 0.29) is 17.8 Å². The zero-order chi connectivity index (χ0) is 13.1. The number of methoxy groups -OCH3 is 1. The molecule has 1 unspecified atom stereocenters. The minimum Gasteiger partial charge on any atom is -0.468 e. The Balaban J connectivity index is 2.00. The van der Waals surface area contributed by atoms with E-state index in [0.717, 1.165) is 17.3 Å². The Labute approximate surface area is 114 Å². The number of esters is 1. The first kappa shape index (κ1) is 13.5. The first-order valence-electron chi connectivity index (χ1n) is 5.87. The predicted molar refractivity (Wildman–Crippen MR) is 69.5 cm³/mol. The van der Waals surface area contributed by atoms with Crippen molar-refractivity contribution in [2.24, 2.45) is 5.92 Å². The second-order valence-corrected chi connectivity index (χ2v) is 5.37. The summed E-state index contributed by atoms with van der Waals surface area (Å²) in [5.41, 5.74) is 0.541. The van der Waals surface area contributed by atoms with Crippen LogP contribution in [0.4, 0.5) is 4.39 Å². The van der Waals surface area contributed by atoms with Crippen LogP contribution in [0.15, 0.2) is 22.7 Å². The summed E-state index contributed by atoms with van der Waals surface area (Å²) in [4.78, 5) is 11.6. The van der Waals surface area contributed by atoms with Crippen molar-refractivity contribution in [3.05, 3.63) is 34.1 Å². The molecule has 0 amide bonds. The molecule has 1 aliphatic rings. The second-order valence-electron chi connectivity index (χ2n) is 4.45. The molecular formula is C13H15BrFNO2. The van der Waals surface area contributed by atoms with Crippen LogP contribution in [0.1, 0.15) is 18.4 Å². The van der Waals surface area contributed by atoms with Gasteiger partial charge < -0.3 is 4.74 Å². The van der Waals surface area contributed by atoms with Crippen LogP contribution in [0.5, 0.6) is 0 Å². The van der Waals surface area contributed by atoms with Crippen molar-refractivity contribution in [1.29, 1.82) is 0 Å². The number of hydrogen-bond donors (Lipinski definition) is 1. The molecule has 0 saturated heterocycles. The molecule has 0 bridgehead atoms. The molecular weight excluding hydrogens is 301 g/mol. The van der Waals surface area contributed by atoms with Crippen LogP contribution in [0.2, 0.25) is 0 Å². The Kier molecular flexibility index (Phi) is 4.35. The molecule has 3 nitrogen and oxygen atoms in total. The quantitative estimate of drug-likeness (QED) is 0.849. The lowest BCUT2D eigenvalue weighted by atomic mass is 10.1. The molecule has 0 aliphatic heterocycles. The zero-order valence-corrected chi connectivity index (χ0v) is 11.7. The molecule has 0 spiro atoms. The fourth-order valence-corrected chi connectivity index (χ4v) is 2.31. The van der Waals surface area contributed by atoms with Gasteiger partial charge in [0.25, 0.3) is 0 Å². The van der Waals surface area contributed by atoms with Gasteiger partial charge in [-0.05, 0) is 37.0 Å². The largest absolute Gasteiger partial charge is 0.468 e. The monoisotopic (exact) mass is 315 g/mol. The van der Waals surface area contributed by atoms with Gasteiger partial charge in [-0.2, -0.15) is 0 Å². The maximum absolute atomic E-state index is 13.5. The summed E-state index contributed by atoms with van der Waals surface area (Å²) in [6.45, 7) is 0.321. The highest BCUT2D eigenvalue weighted by Crippen LogP contribution is 2.33. The summed E-state index contributed by atoms with van der Waals surface area (Å²) in [6, 6.07) is 4.44. The Morgan fingerprint density at radius 2 is 2.33 bits per heavy atom. The highest BCUT2D eigenvalue weighted by Gasteiger charge is 2.36. The number of hydrogen-bond acceptors (Lipinski definition) is 3. The van der Waals surface area contributed by atoms with Crippen molar-refractivity contribution in [2.45, 2.75) is 25.4 Å². The van der Waals surface area contributed by atoms with Gasteiger partial charge in [-0.25, -0.2) is 4.39 Å². The molecule has 0 radical (unpaired) electrons. The van der Waals surface area contributed by atoms with E-state index in [1.54, 1.807) is 12.1 Å². The van der Waals surface area contributed by atoms with E-state index < -0.39 is 0 Å². The number of benzene rings is 1. The van der Waals surface area contributed by atoms with Crippen LogP contribution >= 0.6 is 15.9 Å². The molecule has 5 heteroatoms. The lowest BCUT2D eigenvalue weighted by Gasteiger charge is -2.16. The van der Waals surface area contributed by atoms with E-state index in [4.69, 9.17) is 4.74 Å². The van der Waals surface area contributed by atoms with E-state index in [1.165, 1.54) is 13.2 Å². The van der Waals surface area contributed by atoms with Crippen LogP contribution in [-0.4, -0.2) is 19.1 Å². The second kappa shape index (κ2) is 5.80.